The number of nitrogens with zero attached hydrogens (tertiary/aromatic N) is 3. The van der Waals surface area contributed by atoms with E-state index < -0.39 is 0 Å². The van der Waals surface area contributed by atoms with E-state index >= 15 is 0 Å². The Kier molecular flexibility index (Phi) is 3.79. The van der Waals surface area contributed by atoms with Crippen LogP contribution < -0.4 is 0 Å². The average molecular weight is 329 g/mol. The predicted molar refractivity (Wildman–Crippen MR) is 105 cm³/mol. The van der Waals surface area contributed by atoms with E-state index in [9.17, 15) is 0 Å². The van der Waals surface area contributed by atoms with Gasteiger partial charge in [-0.2, -0.15) is 0 Å². The van der Waals surface area contributed by atoms with E-state index in [-0.39, 0.29) is 0 Å². The van der Waals surface area contributed by atoms with Gasteiger partial charge < -0.3 is 4.57 Å². The van der Waals surface area contributed by atoms with Crippen molar-refractivity contribution in [3.8, 4) is 5.69 Å². The van der Waals surface area contributed by atoms with Crippen LogP contribution >= 0.6 is 0 Å². The van der Waals surface area contributed by atoms with Crippen molar-refractivity contribution in [1.29, 1.82) is 0 Å². The van der Waals surface area contributed by atoms with E-state index in [2.05, 4.69) is 72.6 Å². The van der Waals surface area contributed by atoms with Crippen molar-refractivity contribution in [2.24, 2.45) is 0 Å². The van der Waals surface area contributed by atoms with Gasteiger partial charge in [-0.3, -0.25) is 9.97 Å². The van der Waals surface area contributed by atoms with Gasteiger partial charge in [-0.25, -0.2) is 0 Å². The fraction of sp³-hybridized carbons (Fsp3) is 0.273. The van der Waals surface area contributed by atoms with Crippen molar-refractivity contribution in [1.82, 2.24) is 14.5 Å². The molecule has 0 aliphatic rings. The monoisotopic (exact) mass is 329 g/mol. The molecule has 3 nitrogen and oxygen atoms in total. The molecule has 4 aromatic rings. The molecule has 0 N–H and O–H groups in total. The maximum absolute atomic E-state index is 4.32. The molecule has 0 aliphatic heterocycles. The highest BCUT2D eigenvalue weighted by Crippen LogP contribution is 2.33. The van der Waals surface area contributed by atoms with E-state index in [1.807, 2.05) is 24.8 Å². The molecule has 1 aromatic carbocycles. The van der Waals surface area contributed by atoms with Crippen molar-refractivity contribution in [2.45, 2.75) is 39.5 Å². The van der Waals surface area contributed by atoms with Crippen LogP contribution in [0.1, 0.15) is 50.7 Å². The first-order chi connectivity index (χ1) is 12.1. The Morgan fingerprint density at radius 2 is 1.20 bits per heavy atom. The van der Waals surface area contributed by atoms with Crippen LogP contribution in [0.5, 0.6) is 0 Å². The lowest BCUT2D eigenvalue weighted by atomic mass is 9.95. The maximum atomic E-state index is 4.32. The lowest BCUT2D eigenvalue weighted by molar-refractivity contribution is 0.830. The molecule has 0 spiro atoms. The number of aromatic nitrogens is 3. The zero-order valence-corrected chi connectivity index (χ0v) is 15.2. The Labute approximate surface area is 148 Å². The second kappa shape index (κ2) is 5.99. The summed E-state index contributed by atoms with van der Waals surface area (Å²) in [7, 11) is 0. The fourth-order valence-corrected chi connectivity index (χ4v) is 3.44. The van der Waals surface area contributed by atoms with Gasteiger partial charge in [0.25, 0.3) is 0 Å². The van der Waals surface area contributed by atoms with Crippen LogP contribution in [0.4, 0.5) is 0 Å². The number of rotatable bonds is 3. The van der Waals surface area contributed by atoms with E-state index in [4.69, 9.17) is 0 Å². The molecule has 0 fully saturated rings. The molecule has 126 valence electrons. The second-order valence-electron chi connectivity index (χ2n) is 7.29. The summed E-state index contributed by atoms with van der Waals surface area (Å²) in [4.78, 5) is 8.64. The number of pyridine rings is 2. The summed E-state index contributed by atoms with van der Waals surface area (Å²) in [6.45, 7) is 9.01. The van der Waals surface area contributed by atoms with Crippen LogP contribution in [-0.2, 0) is 0 Å². The standard InChI is InChI=1S/C22H23N3/c1-14(2)16-9-17(15(3)4)11-18(10-16)25-21-5-7-23-12-19(21)20-13-24-8-6-22(20)25/h5-15H,1-4H3. The Balaban J connectivity index is 2.10. The molecule has 3 aromatic heterocycles. The van der Waals surface area contributed by atoms with Crippen LogP contribution in [0, 0.1) is 0 Å². The van der Waals surface area contributed by atoms with E-state index in [1.165, 1.54) is 27.8 Å². The Morgan fingerprint density at radius 3 is 1.64 bits per heavy atom. The third kappa shape index (κ3) is 2.60. The van der Waals surface area contributed by atoms with Gasteiger partial charge in [0, 0.05) is 41.2 Å². The van der Waals surface area contributed by atoms with E-state index in [0.717, 1.165) is 10.8 Å². The van der Waals surface area contributed by atoms with Crippen LogP contribution in [0.3, 0.4) is 0 Å². The Hall–Kier alpha value is -2.68. The molecule has 0 bridgehead atoms. The molecule has 4 rings (SSSR count). The average Bonchev–Trinajstić information content (AvgIpc) is 2.96. The van der Waals surface area contributed by atoms with Gasteiger partial charge in [0.05, 0.1) is 11.0 Å². The molecule has 0 saturated carbocycles. The van der Waals surface area contributed by atoms with E-state index in [1.54, 1.807) is 0 Å². The van der Waals surface area contributed by atoms with Gasteiger partial charge in [0.15, 0.2) is 0 Å². The molecule has 25 heavy (non-hydrogen) atoms. The van der Waals surface area contributed by atoms with Gasteiger partial charge in [-0.1, -0.05) is 33.8 Å². The molecular weight excluding hydrogens is 306 g/mol. The quantitative estimate of drug-likeness (QED) is 0.474. The Morgan fingerprint density at radius 1 is 0.720 bits per heavy atom. The topological polar surface area (TPSA) is 30.7 Å². The zero-order chi connectivity index (χ0) is 17.6. The normalized spacial score (nSPS) is 11.9. The number of benzene rings is 1. The van der Waals surface area contributed by atoms with Crippen molar-refractivity contribution >= 4 is 21.8 Å². The third-order valence-corrected chi connectivity index (χ3v) is 4.92. The fourth-order valence-electron chi connectivity index (χ4n) is 3.44. The molecule has 0 aliphatic carbocycles. The largest absolute Gasteiger partial charge is 0.309 e. The molecule has 0 radical (unpaired) electrons. The summed E-state index contributed by atoms with van der Waals surface area (Å²) in [5.41, 5.74) is 6.31. The molecular formula is C22H23N3. The highest BCUT2D eigenvalue weighted by molar-refractivity contribution is 6.08. The van der Waals surface area contributed by atoms with Gasteiger partial charge in [0.1, 0.15) is 0 Å². The number of hydrogen-bond acceptors (Lipinski definition) is 2. The minimum absolute atomic E-state index is 0.494. The Bertz CT molecular complexity index is 978. The second-order valence-corrected chi connectivity index (χ2v) is 7.29. The van der Waals surface area contributed by atoms with Crippen LogP contribution in [0.2, 0.25) is 0 Å². The maximum Gasteiger partial charge on any atom is 0.0572 e. The van der Waals surface area contributed by atoms with Gasteiger partial charge in [-0.05, 0) is 47.2 Å². The van der Waals surface area contributed by atoms with E-state index in [0.29, 0.717) is 11.8 Å². The molecule has 0 saturated heterocycles. The minimum atomic E-state index is 0.494. The first-order valence-corrected chi connectivity index (χ1v) is 8.89. The van der Waals surface area contributed by atoms with Gasteiger partial charge >= 0.3 is 0 Å². The third-order valence-electron chi connectivity index (χ3n) is 4.92. The number of hydrogen-bond donors (Lipinski definition) is 0. The predicted octanol–water partition coefficient (Wildman–Crippen LogP) is 5.82. The molecule has 0 unspecified atom stereocenters. The number of fused-ring (bicyclic) bond motifs is 3. The van der Waals surface area contributed by atoms with Crippen LogP contribution in [-0.4, -0.2) is 14.5 Å². The van der Waals surface area contributed by atoms with Crippen LogP contribution in [0.15, 0.2) is 55.1 Å². The highest BCUT2D eigenvalue weighted by atomic mass is 15.0. The van der Waals surface area contributed by atoms with Crippen LogP contribution in [0.25, 0.3) is 27.5 Å². The SMILES string of the molecule is CC(C)c1cc(C(C)C)cc(-n2c3ccncc3c3cnccc32)c1. The molecule has 0 atom stereocenters. The summed E-state index contributed by atoms with van der Waals surface area (Å²) in [6, 6.07) is 11.2. The van der Waals surface area contributed by atoms with Crippen molar-refractivity contribution in [3.63, 3.8) is 0 Å². The first kappa shape index (κ1) is 15.8. The summed E-state index contributed by atoms with van der Waals surface area (Å²) in [6.07, 6.45) is 7.60. The minimum Gasteiger partial charge on any atom is -0.309 e. The molecule has 3 heterocycles. The summed E-state index contributed by atoms with van der Waals surface area (Å²) < 4.78 is 2.34. The molecule has 0 amide bonds. The van der Waals surface area contributed by atoms with Crippen molar-refractivity contribution < 1.29 is 0 Å². The lowest BCUT2D eigenvalue weighted by Crippen LogP contribution is -2.00. The molecule has 3 heteroatoms. The summed E-state index contributed by atoms with van der Waals surface area (Å²) >= 11 is 0. The van der Waals surface area contributed by atoms with Crippen molar-refractivity contribution in [3.05, 3.63) is 66.2 Å². The smallest absolute Gasteiger partial charge is 0.0572 e. The van der Waals surface area contributed by atoms with Crippen molar-refractivity contribution in [2.75, 3.05) is 0 Å². The summed E-state index contributed by atoms with van der Waals surface area (Å²) in [5.74, 6) is 0.989. The lowest BCUT2D eigenvalue weighted by Gasteiger charge is -2.16. The summed E-state index contributed by atoms with van der Waals surface area (Å²) in [5, 5.41) is 2.29. The van der Waals surface area contributed by atoms with Gasteiger partial charge in [-0.15, -0.1) is 0 Å². The highest BCUT2D eigenvalue weighted by Gasteiger charge is 2.14. The zero-order valence-electron chi connectivity index (χ0n) is 15.2. The first-order valence-electron chi connectivity index (χ1n) is 8.89. The van der Waals surface area contributed by atoms with Gasteiger partial charge in [0.2, 0.25) is 0 Å².